The molecule has 1 aliphatic heterocycles. The van der Waals surface area contributed by atoms with Crippen molar-refractivity contribution < 1.29 is 14.4 Å². The Morgan fingerprint density at radius 2 is 1.82 bits per heavy atom. The predicted molar refractivity (Wildman–Crippen MR) is 126 cm³/mol. The van der Waals surface area contributed by atoms with E-state index in [1.807, 2.05) is 36.4 Å². The number of aromatic nitrogens is 2. The number of aliphatic carboxylic acids is 1. The van der Waals surface area contributed by atoms with Crippen LogP contribution in [0, 0.1) is 5.92 Å². The first kappa shape index (κ1) is 22.1. The van der Waals surface area contributed by atoms with Gasteiger partial charge in [-0.15, -0.1) is 0 Å². The molecule has 5 rings (SSSR count). The first-order valence-electron chi connectivity index (χ1n) is 11.4. The fraction of sp³-hybridized carbons (Fsp3) is 0.423. The number of nitrogens with zero attached hydrogens (tertiary/aromatic N) is 3. The lowest BCUT2D eigenvalue weighted by atomic mass is 9.77. The van der Waals surface area contributed by atoms with E-state index < -0.39 is 5.97 Å². The molecule has 2 aromatic carbocycles. The minimum Gasteiger partial charge on any atom is -0.481 e. The highest BCUT2D eigenvalue weighted by Gasteiger charge is 2.49. The Hall–Kier alpha value is -2.70. The van der Waals surface area contributed by atoms with Crippen LogP contribution in [0.2, 0.25) is 5.02 Å². The van der Waals surface area contributed by atoms with Gasteiger partial charge in [0.15, 0.2) is 0 Å². The minimum atomic E-state index is -0.710. The molecule has 0 unspecified atom stereocenters. The van der Waals surface area contributed by atoms with Crippen molar-refractivity contribution in [3.63, 3.8) is 0 Å². The van der Waals surface area contributed by atoms with E-state index >= 15 is 0 Å². The standard InChI is InChI=1S/C26H28ClN3O3/c1-25(2,16-26(11-12-26)20-7-9-21(27)10-8-20)24-28-22(29-33-24)18-5-3-17(4-6-18)13-30-14-19(15-30)23(31)32/h3-10,19H,11-16H2,1-2H3,(H,31,32). The smallest absolute Gasteiger partial charge is 0.309 e. The third-order valence-electron chi connectivity index (χ3n) is 7.02. The SMILES string of the molecule is CC(C)(CC1(c2ccc(Cl)cc2)CC1)c1nc(-c2ccc(CN3CC(C(=O)O)C3)cc2)no1. The fourth-order valence-electron chi connectivity index (χ4n) is 4.93. The van der Waals surface area contributed by atoms with Gasteiger partial charge in [0.25, 0.3) is 0 Å². The first-order valence-corrected chi connectivity index (χ1v) is 11.8. The number of benzene rings is 2. The van der Waals surface area contributed by atoms with Crippen LogP contribution in [0.3, 0.4) is 0 Å². The highest BCUT2D eigenvalue weighted by Crippen LogP contribution is 2.55. The summed E-state index contributed by atoms with van der Waals surface area (Å²) in [4.78, 5) is 17.8. The van der Waals surface area contributed by atoms with Gasteiger partial charge in [-0.25, -0.2) is 0 Å². The van der Waals surface area contributed by atoms with Crippen molar-refractivity contribution in [1.29, 1.82) is 0 Å². The van der Waals surface area contributed by atoms with Crippen molar-refractivity contribution in [2.75, 3.05) is 13.1 Å². The molecule has 0 spiro atoms. The van der Waals surface area contributed by atoms with Gasteiger partial charge in [0.05, 0.1) is 5.92 Å². The summed E-state index contributed by atoms with van der Waals surface area (Å²) in [7, 11) is 0. The fourth-order valence-corrected chi connectivity index (χ4v) is 5.06. The molecule has 0 atom stereocenters. The normalized spacial score (nSPS) is 18.2. The molecule has 0 amide bonds. The molecule has 1 aromatic heterocycles. The van der Waals surface area contributed by atoms with Crippen LogP contribution in [0.25, 0.3) is 11.4 Å². The average molecular weight is 466 g/mol. The molecule has 33 heavy (non-hydrogen) atoms. The van der Waals surface area contributed by atoms with Crippen molar-refractivity contribution in [1.82, 2.24) is 15.0 Å². The molecule has 1 saturated heterocycles. The Morgan fingerprint density at radius 3 is 2.42 bits per heavy atom. The van der Waals surface area contributed by atoms with Crippen LogP contribution in [0.5, 0.6) is 0 Å². The van der Waals surface area contributed by atoms with Crippen LogP contribution in [0.1, 0.15) is 50.1 Å². The molecule has 172 valence electrons. The summed E-state index contributed by atoms with van der Waals surface area (Å²) < 4.78 is 5.72. The zero-order chi connectivity index (χ0) is 23.2. The summed E-state index contributed by atoms with van der Waals surface area (Å²) in [5.41, 5.74) is 3.29. The molecule has 1 saturated carbocycles. The monoisotopic (exact) mass is 465 g/mol. The molecule has 2 heterocycles. The number of likely N-dealkylation sites (tertiary alicyclic amines) is 1. The lowest BCUT2D eigenvalue weighted by molar-refractivity contribution is -0.147. The van der Waals surface area contributed by atoms with E-state index in [-0.39, 0.29) is 16.7 Å². The minimum absolute atomic E-state index is 0.154. The molecule has 0 bridgehead atoms. The topological polar surface area (TPSA) is 79.5 Å². The predicted octanol–water partition coefficient (Wildman–Crippen LogP) is 5.31. The van der Waals surface area contributed by atoms with Gasteiger partial charge in [-0.2, -0.15) is 4.98 Å². The van der Waals surface area contributed by atoms with Gasteiger partial charge in [-0.05, 0) is 47.9 Å². The third-order valence-corrected chi connectivity index (χ3v) is 7.27. The summed E-state index contributed by atoms with van der Waals surface area (Å²) in [5, 5.41) is 14.0. The zero-order valence-electron chi connectivity index (χ0n) is 18.9. The Bertz CT molecular complexity index is 1140. The number of carboxylic acids is 1. The molecule has 6 nitrogen and oxygen atoms in total. The van der Waals surface area contributed by atoms with Crippen LogP contribution in [0.15, 0.2) is 53.1 Å². The van der Waals surface area contributed by atoms with Gasteiger partial charge in [-0.3, -0.25) is 9.69 Å². The van der Waals surface area contributed by atoms with Gasteiger partial charge in [0.2, 0.25) is 11.7 Å². The third kappa shape index (κ3) is 4.55. The van der Waals surface area contributed by atoms with E-state index in [2.05, 4.69) is 36.0 Å². The maximum absolute atomic E-state index is 11.0. The maximum atomic E-state index is 11.0. The molecule has 7 heteroatoms. The largest absolute Gasteiger partial charge is 0.481 e. The average Bonchev–Trinajstić information content (AvgIpc) is 3.33. The molecule has 1 aliphatic carbocycles. The van der Waals surface area contributed by atoms with E-state index in [1.165, 1.54) is 5.56 Å². The maximum Gasteiger partial charge on any atom is 0.309 e. The quantitative estimate of drug-likeness (QED) is 0.486. The summed E-state index contributed by atoms with van der Waals surface area (Å²) >= 11 is 6.08. The lowest BCUT2D eigenvalue weighted by Crippen LogP contribution is -2.49. The molecule has 3 aromatic rings. The Labute approximate surface area is 198 Å². The second-order valence-electron chi connectivity index (χ2n) is 10.2. The van der Waals surface area contributed by atoms with Crippen molar-refractivity contribution in [3.05, 3.63) is 70.6 Å². The molecular formula is C26H28ClN3O3. The molecule has 2 aliphatic rings. The van der Waals surface area contributed by atoms with Crippen LogP contribution in [-0.2, 0) is 22.2 Å². The number of hydrogen-bond acceptors (Lipinski definition) is 5. The van der Waals surface area contributed by atoms with Crippen molar-refractivity contribution in [2.24, 2.45) is 5.92 Å². The van der Waals surface area contributed by atoms with Crippen LogP contribution in [-0.4, -0.2) is 39.2 Å². The van der Waals surface area contributed by atoms with Crippen molar-refractivity contribution in [2.45, 2.75) is 50.5 Å². The Balaban J connectivity index is 1.25. The van der Waals surface area contributed by atoms with Gasteiger partial charge in [0.1, 0.15) is 0 Å². The summed E-state index contributed by atoms with van der Waals surface area (Å²) in [6, 6.07) is 16.3. The Kier molecular flexibility index (Phi) is 5.53. The van der Waals surface area contributed by atoms with E-state index in [0.717, 1.165) is 42.0 Å². The lowest BCUT2D eigenvalue weighted by Gasteiger charge is -2.36. The Morgan fingerprint density at radius 1 is 1.15 bits per heavy atom. The number of halogens is 1. The first-order chi connectivity index (χ1) is 15.7. The number of carbonyl (C=O) groups is 1. The van der Waals surface area contributed by atoms with Gasteiger partial charge >= 0.3 is 5.97 Å². The van der Waals surface area contributed by atoms with Gasteiger partial charge in [-0.1, -0.05) is 67.0 Å². The molecule has 2 fully saturated rings. The van der Waals surface area contributed by atoms with E-state index in [9.17, 15) is 4.79 Å². The van der Waals surface area contributed by atoms with Crippen molar-refractivity contribution >= 4 is 17.6 Å². The van der Waals surface area contributed by atoms with E-state index in [0.29, 0.717) is 24.8 Å². The van der Waals surface area contributed by atoms with Gasteiger partial charge in [0, 0.05) is 35.6 Å². The second-order valence-corrected chi connectivity index (χ2v) is 10.6. The van der Waals surface area contributed by atoms with E-state index in [1.54, 1.807) is 0 Å². The second kappa shape index (κ2) is 8.26. The van der Waals surface area contributed by atoms with E-state index in [4.69, 9.17) is 26.2 Å². The number of hydrogen-bond donors (Lipinski definition) is 1. The summed E-state index contributed by atoms with van der Waals surface area (Å²) in [6.07, 6.45) is 3.25. The van der Waals surface area contributed by atoms with Gasteiger partial charge < -0.3 is 9.63 Å². The van der Waals surface area contributed by atoms with Crippen LogP contribution < -0.4 is 0 Å². The van der Waals surface area contributed by atoms with Crippen molar-refractivity contribution in [3.8, 4) is 11.4 Å². The highest BCUT2D eigenvalue weighted by atomic mass is 35.5. The van der Waals surface area contributed by atoms with Crippen LogP contribution >= 0.6 is 11.6 Å². The molecule has 0 radical (unpaired) electrons. The summed E-state index contributed by atoms with van der Waals surface area (Å²) in [5.74, 6) is 0.302. The molecular weight excluding hydrogens is 438 g/mol. The highest BCUT2D eigenvalue weighted by molar-refractivity contribution is 6.30. The summed E-state index contributed by atoms with van der Waals surface area (Å²) in [6.45, 7) is 6.30. The number of carboxylic acid groups (broad SMARTS) is 1. The zero-order valence-corrected chi connectivity index (χ0v) is 19.7. The number of rotatable bonds is 8. The molecule has 1 N–H and O–H groups in total. The van der Waals surface area contributed by atoms with Crippen LogP contribution in [0.4, 0.5) is 0 Å².